The molecule has 0 bridgehead atoms. The summed E-state index contributed by atoms with van der Waals surface area (Å²) in [5, 5.41) is 15.8. The maximum Gasteiger partial charge on any atom is 0.283 e. The highest BCUT2D eigenvalue weighted by molar-refractivity contribution is 9.10. The van der Waals surface area contributed by atoms with E-state index in [0.29, 0.717) is 4.47 Å². The SMILES string of the molecule is O=[N+]([O-])c1ccc(-n2c3ccccc3c3cc4ccccc4cc32)cc1Br. The van der Waals surface area contributed by atoms with Gasteiger partial charge < -0.3 is 4.57 Å². The van der Waals surface area contributed by atoms with Crippen molar-refractivity contribution >= 4 is 54.2 Å². The number of hydrogen-bond donors (Lipinski definition) is 0. The molecule has 0 N–H and O–H groups in total. The maximum absolute atomic E-state index is 11.2. The van der Waals surface area contributed by atoms with E-state index in [1.807, 2.05) is 24.3 Å². The van der Waals surface area contributed by atoms with Gasteiger partial charge in [0, 0.05) is 22.5 Å². The van der Waals surface area contributed by atoms with Crippen LogP contribution in [0.5, 0.6) is 0 Å². The van der Waals surface area contributed by atoms with Crippen molar-refractivity contribution in [3.8, 4) is 5.69 Å². The average molecular weight is 417 g/mol. The van der Waals surface area contributed by atoms with Gasteiger partial charge in [0.2, 0.25) is 0 Å². The minimum Gasteiger partial charge on any atom is -0.309 e. The van der Waals surface area contributed by atoms with Crippen LogP contribution in [-0.4, -0.2) is 9.49 Å². The molecule has 0 amide bonds. The summed E-state index contributed by atoms with van der Waals surface area (Å²) < 4.78 is 2.63. The minimum atomic E-state index is -0.382. The van der Waals surface area contributed by atoms with E-state index in [0.717, 1.165) is 27.5 Å². The lowest BCUT2D eigenvalue weighted by Crippen LogP contribution is -1.96. The second-order valence-electron chi connectivity index (χ2n) is 6.46. The molecule has 1 heterocycles. The van der Waals surface area contributed by atoms with E-state index < -0.39 is 0 Å². The summed E-state index contributed by atoms with van der Waals surface area (Å²) in [7, 11) is 0. The molecule has 5 heteroatoms. The van der Waals surface area contributed by atoms with Crippen LogP contribution in [0.4, 0.5) is 5.69 Å². The Kier molecular flexibility index (Phi) is 3.52. The van der Waals surface area contributed by atoms with Crippen LogP contribution in [0.15, 0.2) is 83.3 Å². The Morgan fingerprint density at radius 1 is 0.778 bits per heavy atom. The van der Waals surface area contributed by atoms with Crippen molar-refractivity contribution < 1.29 is 4.92 Å². The van der Waals surface area contributed by atoms with Crippen LogP contribution in [0.25, 0.3) is 38.3 Å². The van der Waals surface area contributed by atoms with Crippen LogP contribution in [-0.2, 0) is 0 Å². The lowest BCUT2D eigenvalue weighted by molar-refractivity contribution is -0.385. The fourth-order valence-electron chi connectivity index (χ4n) is 3.72. The Balaban J connectivity index is 1.91. The Bertz CT molecular complexity index is 1370. The second-order valence-corrected chi connectivity index (χ2v) is 7.32. The molecule has 0 saturated carbocycles. The first-order chi connectivity index (χ1) is 13.1. The second kappa shape index (κ2) is 5.93. The number of nitro benzene ring substituents is 1. The fourth-order valence-corrected chi connectivity index (χ4v) is 4.23. The summed E-state index contributed by atoms with van der Waals surface area (Å²) >= 11 is 3.35. The zero-order chi connectivity index (χ0) is 18.5. The number of nitrogens with zero attached hydrogens (tertiary/aromatic N) is 2. The molecule has 0 spiro atoms. The van der Waals surface area contributed by atoms with Gasteiger partial charge in [-0.1, -0.05) is 42.5 Å². The van der Waals surface area contributed by atoms with Gasteiger partial charge in [-0.25, -0.2) is 0 Å². The number of para-hydroxylation sites is 1. The number of fused-ring (bicyclic) bond motifs is 4. The third-order valence-electron chi connectivity index (χ3n) is 4.93. The van der Waals surface area contributed by atoms with Crippen molar-refractivity contribution in [2.24, 2.45) is 0 Å². The quantitative estimate of drug-likeness (QED) is 0.240. The van der Waals surface area contributed by atoms with Crippen LogP contribution in [0.2, 0.25) is 0 Å². The third-order valence-corrected chi connectivity index (χ3v) is 5.56. The predicted molar refractivity (Wildman–Crippen MR) is 113 cm³/mol. The third kappa shape index (κ3) is 2.43. The highest BCUT2D eigenvalue weighted by Gasteiger charge is 2.16. The van der Waals surface area contributed by atoms with Crippen molar-refractivity contribution in [1.29, 1.82) is 0 Å². The molecule has 130 valence electrons. The zero-order valence-electron chi connectivity index (χ0n) is 14.1. The highest BCUT2D eigenvalue weighted by Crippen LogP contribution is 2.36. The Labute approximate surface area is 162 Å². The number of hydrogen-bond acceptors (Lipinski definition) is 2. The topological polar surface area (TPSA) is 48.1 Å². The van der Waals surface area contributed by atoms with Gasteiger partial charge in [0.05, 0.1) is 20.4 Å². The van der Waals surface area contributed by atoms with Gasteiger partial charge in [-0.05, 0) is 57.0 Å². The largest absolute Gasteiger partial charge is 0.309 e. The van der Waals surface area contributed by atoms with E-state index in [4.69, 9.17) is 0 Å². The van der Waals surface area contributed by atoms with Gasteiger partial charge in [-0.15, -0.1) is 0 Å². The first kappa shape index (κ1) is 16.0. The van der Waals surface area contributed by atoms with E-state index in [2.05, 4.69) is 56.9 Å². The van der Waals surface area contributed by atoms with Gasteiger partial charge in [-0.2, -0.15) is 0 Å². The summed E-state index contributed by atoms with van der Waals surface area (Å²) in [5.74, 6) is 0. The lowest BCUT2D eigenvalue weighted by Gasteiger charge is -2.09. The smallest absolute Gasteiger partial charge is 0.283 e. The van der Waals surface area contributed by atoms with E-state index >= 15 is 0 Å². The summed E-state index contributed by atoms with van der Waals surface area (Å²) in [4.78, 5) is 10.8. The molecule has 4 nitrogen and oxygen atoms in total. The molecule has 4 aromatic carbocycles. The molecule has 0 aliphatic carbocycles. The van der Waals surface area contributed by atoms with Crippen LogP contribution >= 0.6 is 15.9 Å². The monoisotopic (exact) mass is 416 g/mol. The lowest BCUT2D eigenvalue weighted by atomic mass is 10.1. The van der Waals surface area contributed by atoms with Crippen molar-refractivity contribution in [2.45, 2.75) is 0 Å². The molecular weight excluding hydrogens is 404 g/mol. The van der Waals surface area contributed by atoms with Crippen molar-refractivity contribution in [1.82, 2.24) is 4.57 Å². The van der Waals surface area contributed by atoms with E-state index in [9.17, 15) is 10.1 Å². The van der Waals surface area contributed by atoms with Gasteiger partial charge in [0.15, 0.2) is 0 Å². The average Bonchev–Trinajstić information content (AvgIpc) is 2.99. The van der Waals surface area contributed by atoms with Gasteiger partial charge in [-0.3, -0.25) is 10.1 Å². The number of nitro groups is 1. The van der Waals surface area contributed by atoms with E-state index in [1.54, 1.807) is 18.2 Å². The summed E-state index contributed by atoms with van der Waals surface area (Å²) in [6, 6.07) is 26.1. The molecule has 27 heavy (non-hydrogen) atoms. The van der Waals surface area contributed by atoms with Gasteiger partial charge >= 0.3 is 0 Å². The molecule has 0 fully saturated rings. The molecule has 0 radical (unpaired) electrons. The molecule has 0 saturated heterocycles. The van der Waals surface area contributed by atoms with Crippen LogP contribution in [0.3, 0.4) is 0 Å². The number of aromatic nitrogens is 1. The molecule has 0 atom stereocenters. The fraction of sp³-hybridized carbons (Fsp3) is 0. The Hall–Kier alpha value is -3.18. The summed E-state index contributed by atoms with van der Waals surface area (Å²) in [6.07, 6.45) is 0. The molecule has 0 aliphatic heterocycles. The molecule has 5 aromatic rings. The normalized spacial score (nSPS) is 11.4. The molecule has 0 aliphatic rings. The highest BCUT2D eigenvalue weighted by atomic mass is 79.9. The van der Waals surface area contributed by atoms with Crippen LogP contribution < -0.4 is 0 Å². The molecule has 0 unspecified atom stereocenters. The molecular formula is C22H13BrN2O2. The standard InChI is InChI=1S/C22H13BrN2O2/c23-19-13-16(9-10-21(19)25(26)27)24-20-8-4-3-7-17(20)18-11-14-5-1-2-6-15(14)12-22(18)24/h1-13H. The Morgan fingerprint density at radius 3 is 2.22 bits per heavy atom. The van der Waals surface area contributed by atoms with Crippen LogP contribution in [0.1, 0.15) is 0 Å². The first-order valence-corrected chi connectivity index (χ1v) is 9.29. The number of benzene rings is 4. The van der Waals surface area contributed by atoms with E-state index in [1.165, 1.54) is 10.8 Å². The van der Waals surface area contributed by atoms with Crippen LogP contribution in [0, 0.1) is 10.1 Å². The van der Waals surface area contributed by atoms with Crippen molar-refractivity contribution in [3.05, 3.63) is 93.4 Å². The van der Waals surface area contributed by atoms with Gasteiger partial charge in [0.1, 0.15) is 0 Å². The minimum absolute atomic E-state index is 0.0602. The van der Waals surface area contributed by atoms with E-state index in [-0.39, 0.29) is 10.6 Å². The molecule has 1 aromatic heterocycles. The zero-order valence-corrected chi connectivity index (χ0v) is 15.7. The predicted octanol–water partition coefficient (Wildman–Crippen LogP) is 6.61. The first-order valence-electron chi connectivity index (χ1n) is 8.50. The number of rotatable bonds is 2. The Morgan fingerprint density at radius 2 is 1.48 bits per heavy atom. The summed E-state index contributed by atoms with van der Waals surface area (Å²) in [6.45, 7) is 0. The maximum atomic E-state index is 11.2. The summed E-state index contributed by atoms with van der Waals surface area (Å²) in [5.41, 5.74) is 3.10. The number of halogens is 1. The van der Waals surface area contributed by atoms with Crippen molar-refractivity contribution in [2.75, 3.05) is 0 Å². The molecule has 5 rings (SSSR count). The van der Waals surface area contributed by atoms with Crippen molar-refractivity contribution in [3.63, 3.8) is 0 Å². The van der Waals surface area contributed by atoms with Gasteiger partial charge in [0.25, 0.3) is 5.69 Å².